The summed E-state index contributed by atoms with van der Waals surface area (Å²) in [4.78, 5) is 35.5. The number of benzene rings is 1. The summed E-state index contributed by atoms with van der Waals surface area (Å²) < 4.78 is 0.994. The molecule has 0 saturated heterocycles. The number of anilines is 1. The Bertz CT molecular complexity index is 1020. The van der Waals surface area contributed by atoms with E-state index in [1.165, 1.54) is 24.6 Å². The number of nitrogens with zero attached hydrogens (tertiary/aromatic N) is 3. The molecular formula is C17H17N5O2S. The van der Waals surface area contributed by atoms with Crippen LogP contribution in [0.1, 0.15) is 16.3 Å². The van der Waals surface area contributed by atoms with Crippen molar-refractivity contribution >= 4 is 29.1 Å². The minimum atomic E-state index is -0.496. The third-order valence-corrected chi connectivity index (χ3v) is 4.43. The molecule has 7 nitrogen and oxygen atoms in total. The van der Waals surface area contributed by atoms with Crippen molar-refractivity contribution in [2.75, 3.05) is 5.32 Å². The van der Waals surface area contributed by atoms with Gasteiger partial charge in [-0.15, -0.1) is 11.3 Å². The maximum absolute atomic E-state index is 12.4. The third kappa shape index (κ3) is 3.92. The summed E-state index contributed by atoms with van der Waals surface area (Å²) >= 11 is 1.44. The highest BCUT2D eigenvalue weighted by molar-refractivity contribution is 7.11. The Kier molecular flexibility index (Phi) is 4.90. The van der Waals surface area contributed by atoms with Crippen molar-refractivity contribution in [2.45, 2.75) is 13.5 Å². The summed E-state index contributed by atoms with van der Waals surface area (Å²) in [5.74, 6) is 0.293. The Labute approximate surface area is 147 Å². The molecule has 0 radical (unpaired) electrons. The second-order valence-corrected chi connectivity index (χ2v) is 6.33. The lowest BCUT2D eigenvalue weighted by Gasteiger charge is -2.09. The summed E-state index contributed by atoms with van der Waals surface area (Å²) in [7, 11) is 1.41. The number of thiazole rings is 1. The molecule has 128 valence electrons. The molecule has 0 spiro atoms. The van der Waals surface area contributed by atoms with Crippen LogP contribution in [0.4, 0.5) is 11.5 Å². The van der Waals surface area contributed by atoms with Gasteiger partial charge in [-0.3, -0.25) is 14.3 Å². The van der Waals surface area contributed by atoms with Gasteiger partial charge in [0.05, 0.1) is 6.21 Å². The molecule has 2 heterocycles. The third-order valence-electron chi connectivity index (χ3n) is 3.53. The highest BCUT2D eigenvalue weighted by atomic mass is 32.1. The fourth-order valence-electron chi connectivity index (χ4n) is 2.19. The van der Waals surface area contributed by atoms with Gasteiger partial charge in [-0.25, -0.2) is 14.8 Å². The van der Waals surface area contributed by atoms with Gasteiger partial charge in [0.2, 0.25) is 0 Å². The van der Waals surface area contributed by atoms with Crippen molar-refractivity contribution in [1.29, 1.82) is 0 Å². The van der Waals surface area contributed by atoms with E-state index in [2.05, 4.69) is 20.3 Å². The molecular weight excluding hydrogens is 338 g/mol. The molecule has 8 heteroatoms. The molecule has 0 aliphatic heterocycles. The first-order valence-electron chi connectivity index (χ1n) is 7.62. The average Bonchev–Trinajstić information content (AvgIpc) is 3.03. The Balaban J connectivity index is 1.94. The molecule has 3 aromatic rings. The Morgan fingerprint density at radius 2 is 2.08 bits per heavy atom. The molecule has 0 saturated carbocycles. The largest absolute Gasteiger partial charge is 0.365 e. The number of rotatable bonds is 5. The smallest absolute Gasteiger partial charge is 0.329 e. The lowest BCUT2D eigenvalue weighted by molar-refractivity contribution is 0.777. The molecule has 0 bridgehead atoms. The highest BCUT2D eigenvalue weighted by Crippen LogP contribution is 2.17. The van der Waals surface area contributed by atoms with Crippen molar-refractivity contribution in [1.82, 2.24) is 14.5 Å². The van der Waals surface area contributed by atoms with E-state index in [1.54, 1.807) is 0 Å². The number of hydrogen-bond acceptors (Lipinski definition) is 6. The minimum Gasteiger partial charge on any atom is -0.365 e. The molecule has 0 amide bonds. The topological polar surface area (TPSA) is 92.1 Å². The number of aromatic amines is 1. The zero-order valence-corrected chi connectivity index (χ0v) is 14.6. The first-order chi connectivity index (χ1) is 12.0. The van der Waals surface area contributed by atoms with Crippen LogP contribution in [0.5, 0.6) is 0 Å². The van der Waals surface area contributed by atoms with E-state index in [0.717, 1.165) is 15.8 Å². The zero-order chi connectivity index (χ0) is 17.8. The number of H-pyrrole nitrogens is 1. The number of aromatic nitrogens is 3. The molecule has 1 aromatic carbocycles. The van der Waals surface area contributed by atoms with E-state index in [4.69, 9.17) is 0 Å². The first-order valence-corrected chi connectivity index (χ1v) is 8.50. The fourth-order valence-corrected chi connectivity index (χ4v) is 2.85. The summed E-state index contributed by atoms with van der Waals surface area (Å²) in [6.07, 6.45) is 1.53. The van der Waals surface area contributed by atoms with Crippen LogP contribution >= 0.6 is 11.3 Å². The highest BCUT2D eigenvalue weighted by Gasteiger charge is 2.11. The Morgan fingerprint density at radius 1 is 1.32 bits per heavy atom. The maximum Gasteiger partial charge on any atom is 0.329 e. The quantitative estimate of drug-likeness (QED) is 0.686. The van der Waals surface area contributed by atoms with Gasteiger partial charge in [-0.05, 0) is 12.5 Å². The molecule has 2 aromatic heterocycles. The van der Waals surface area contributed by atoms with Crippen molar-refractivity contribution < 1.29 is 0 Å². The molecule has 0 unspecified atom stereocenters. The van der Waals surface area contributed by atoms with E-state index in [-0.39, 0.29) is 5.69 Å². The van der Waals surface area contributed by atoms with Crippen molar-refractivity contribution in [3.63, 3.8) is 0 Å². The SMILES string of the molecule is Cc1csc(C=Nc2c(NCc3ccccc3)[nH]c(=O)n(C)c2=O)n1. The molecule has 3 rings (SSSR count). The van der Waals surface area contributed by atoms with Crippen LogP contribution in [0, 0.1) is 6.92 Å². The van der Waals surface area contributed by atoms with E-state index in [0.29, 0.717) is 17.4 Å². The van der Waals surface area contributed by atoms with Crippen LogP contribution in [-0.2, 0) is 13.6 Å². The van der Waals surface area contributed by atoms with Crippen LogP contribution in [0.25, 0.3) is 0 Å². The molecule has 0 fully saturated rings. The number of nitrogens with one attached hydrogen (secondary N) is 2. The summed E-state index contributed by atoms with van der Waals surface area (Å²) in [6.45, 7) is 2.35. The van der Waals surface area contributed by atoms with Crippen molar-refractivity contribution in [2.24, 2.45) is 12.0 Å². The zero-order valence-electron chi connectivity index (χ0n) is 13.8. The number of hydrogen-bond donors (Lipinski definition) is 2. The van der Waals surface area contributed by atoms with Crippen molar-refractivity contribution in [3.05, 3.63) is 72.8 Å². The standard InChI is InChI=1S/C17H17N5O2S/c1-11-10-25-13(20-11)9-18-14-15(21-17(24)22(2)16(14)23)19-8-12-6-4-3-5-7-12/h3-7,9-10,19H,8H2,1-2H3,(H,21,24). The lowest BCUT2D eigenvalue weighted by Crippen LogP contribution is -2.33. The molecule has 0 aliphatic rings. The second kappa shape index (κ2) is 7.27. The lowest BCUT2D eigenvalue weighted by atomic mass is 10.2. The first kappa shape index (κ1) is 16.8. The monoisotopic (exact) mass is 355 g/mol. The van der Waals surface area contributed by atoms with Gasteiger partial charge in [-0.2, -0.15) is 0 Å². The van der Waals surface area contributed by atoms with Crippen LogP contribution < -0.4 is 16.6 Å². The summed E-state index contributed by atoms with van der Waals surface area (Å²) in [6, 6.07) is 9.68. The van der Waals surface area contributed by atoms with Crippen LogP contribution in [0.2, 0.25) is 0 Å². The Morgan fingerprint density at radius 3 is 2.76 bits per heavy atom. The van der Waals surface area contributed by atoms with E-state index in [9.17, 15) is 9.59 Å². The predicted octanol–water partition coefficient (Wildman–Crippen LogP) is 2.20. The maximum atomic E-state index is 12.4. The molecule has 25 heavy (non-hydrogen) atoms. The number of aryl methyl sites for hydroxylation is 1. The van der Waals surface area contributed by atoms with E-state index in [1.807, 2.05) is 42.6 Å². The van der Waals surface area contributed by atoms with Crippen molar-refractivity contribution in [3.8, 4) is 0 Å². The summed E-state index contributed by atoms with van der Waals surface area (Å²) in [5, 5.41) is 5.68. The minimum absolute atomic E-state index is 0.144. The van der Waals surface area contributed by atoms with Gasteiger partial charge in [0.15, 0.2) is 5.69 Å². The van der Waals surface area contributed by atoms with Gasteiger partial charge in [-0.1, -0.05) is 30.3 Å². The summed E-state index contributed by atoms with van der Waals surface area (Å²) in [5.41, 5.74) is 1.09. The van der Waals surface area contributed by atoms with Crippen LogP contribution in [-0.4, -0.2) is 20.7 Å². The fraction of sp³-hybridized carbons (Fsp3) is 0.176. The molecule has 0 atom stereocenters. The van der Waals surface area contributed by atoms with Crippen LogP contribution in [0.15, 0.2) is 50.3 Å². The predicted molar refractivity (Wildman–Crippen MR) is 100 cm³/mol. The number of aliphatic imine (C=N–C) groups is 1. The molecule has 2 N–H and O–H groups in total. The average molecular weight is 355 g/mol. The van der Waals surface area contributed by atoms with Gasteiger partial charge in [0.25, 0.3) is 5.56 Å². The van der Waals surface area contributed by atoms with Gasteiger partial charge in [0, 0.05) is 24.7 Å². The van der Waals surface area contributed by atoms with Gasteiger partial charge in [0.1, 0.15) is 10.8 Å². The van der Waals surface area contributed by atoms with E-state index < -0.39 is 11.2 Å². The molecule has 0 aliphatic carbocycles. The second-order valence-electron chi connectivity index (χ2n) is 5.44. The van der Waals surface area contributed by atoms with Gasteiger partial charge >= 0.3 is 5.69 Å². The van der Waals surface area contributed by atoms with E-state index >= 15 is 0 Å². The Hall–Kier alpha value is -3.00. The van der Waals surface area contributed by atoms with Gasteiger partial charge < -0.3 is 5.32 Å². The normalized spacial score (nSPS) is 11.1. The van der Waals surface area contributed by atoms with Crippen LogP contribution in [0.3, 0.4) is 0 Å².